The van der Waals surface area contributed by atoms with Crippen LogP contribution in [0.5, 0.6) is 5.88 Å². The number of aliphatic imine (C=N–C) groups is 1. The molecule has 0 bridgehead atoms. The maximum Gasteiger partial charge on any atom is 0.337 e. The first kappa shape index (κ1) is 26.9. The predicted octanol–water partition coefficient (Wildman–Crippen LogP) is 4.68. The summed E-state index contributed by atoms with van der Waals surface area (Å²) in [5.74, 6) is -0.180. The number of Topliss-reactive ketones (excluding diaryl/α,β-unsaturated/α-hetero) is 1. The zero-order valence-corrected chi connectivity index (χ0v) is 23.4. The number of nitrogens with one attached hydrogen (secondary N) is 1. The van der Waals surface area contributed by atoms with Crippen LogP contribution in [0.2, 0.25) is 0 Å². The van der Waals surface area contributed by atoms with Gasteiger partial charge in [0, 0.05) is 42.6 Å². The van der Waals surface area contributed by atoms with E-state index >= 15 is 0 Å². The largest absolute Gasteiger partial charge is 0.494 e. The number of likely N-dealkylation sites (N-methyl/N-ethyl adjacent to an activating group) is 1. The summed E-state index contributed by atoms with van der Waals surface area (Å²) in [6.45, 7) is 4.35. The van der Waals surface area contributed by atoms with Gasteiger partial charge in [0.25, 0.3) is 0 Å². The summed E-state index contributed by atoms with van der Waals surface area (Å²) >= 11 is 0. The van der Waals surface area contributed by atoms with E-state index in [-0.39, 0.29) is 11.3 Å². The molecule has 1 aromatic heterocycles. The molecule has 3 aromatic carbocycles. The third-order valence-electron chi connectivity index (χ3n) is 8.39. The molecule has 8 heteroatoms. The van der Waals surface area contributed by atoms with Gasteiger partial charge in [-0.3, -0.25) is 9.69 Å². The molecule has 2 N–H and O–H groups in total. The minimum absolute atomic E-state index is 0.0346. The third-order valence-corrected chi connectivity index (χ3v) is 8.39. The van der Waals surface area contributed by atoms with Gasteiger partial charge in [-0.25, -0.2) is 9.79 Å². The summed E-state index contributed by atoms with van der Waals surface area (Å²) in [4.78, 5) is 38.0. The number of H-pyrrole nitrogens is 1. The molecule has 0 atom stereocenters. The van der Waals surface area contributed by atoms with Gasteiger partial charge in [-0.15, -0.1) is 0 Å². The van der Waals surface area contributed by atoms with Gasteiger partial charge in [0.05, 0.1) is 41.6 Å². The fourth-order valence-electron chi connectivity index (χ4n) is 5.73. The van der Waals surface area contributed by atoms with Crippen LogP contribution in [0.1, 0.15) is 39.9 Å². The number of ether oxygens (including phenoxy) is 1. The SMILES string of the molecule is COC(=O)c1ccc2c(C(=Nc3ccc(C4(C(=O)CN5CCN(C)CC5)CC4)cc3)c3ccccc3)c(O)[nH]c2c1. The number of aromatic amines is 1. The Morgan fingerprint density at radius 3 is 2.32 bits per heavy atom. The number of methoxy groups -OCH3 is 1. The number of aromatic nitrogens is 1. The molecule has 1 saturated heterocycles. The first-order chi connectivity index (χ1) is 19.9. The van der Waals surface area contributed by atoms with Crippen molar-refractivity contribution in [2.24, 2.45) is 4.99 Å². The molecule has 0 spiro atoms. The lowest BCUT2D eigenvalue weighted by Gasteiger charge is -2.32. The van der Waals surface area contributed by atoms with E-state index in [1.807, 2.05) is 54.6 Å². The van der Waals surface area contributed by atoms with Gasteiger partial charge in [-0.05, 0) is 49.7 Å². The summed E-state index contributed by atoms with van der Waals surface area (Å²) in [5.41, 5.74) is 4.35. The highest BCUT2D eigenvalue weighted by Gasteiger charge is 2.50. The van der Waals surface area contributed by atoms with E-state index in [0.29, 0.717) is 34.7 Å². The molecular weight excluding hydrogens is 516 g/mol. The van der Waals surface area contributed by atoms with Crippen molar-refractivity contribution in [2.45, 2.75) is 18.3 Å². The lowest BCUT2D eigenvalue weighted by molar-refractivity contribution is -0.123. The zero-order chi connectivity index (χ0) is 28.6. The lowest BCUT2D eigenvalue weighted by atomic mass is 9.90. The Morgan fingerprint density at radius 1 is 0.951 bits per heavy atom. The third kappa shape index (κ3) is 5.28. The highest BCUT2D eigenvalue weighted by molar-refractivity contribution is 6.22. The summed E-state index contributed by atoms with van der Waals surface area (Å²) in [5, 5.41) is 11.7. The van der Waals surface area contributed by atoms with Crippen LogP contribution in [0, 0.1) is 0 Å². The van der Waals surface area contributed by atoms with E-state index in [0.717, 1.165) is 61.2 Å². The van der Waals surface area contributed by atoms with Gasteiger partial charge in [-0.1, -0.05) is 48.5 Å². The maximum absolute atomic E-state index is 13.4. The van der Waals surface area contributed by atoms with Crippen LogP contribution in [0.4, 0.5) is 5.69 Å². The number of carbonyl (C=O) groups is 2. The van der Waals surface area contributed by atoms with Gasteiger partial charge in [0.2, 0.25) is 0 Å². The van der Waals surface area contributed by atoms with E-state index in [4.69, 9.17) is 9.73 Å². The van der Waals surface area contributed by atoms with Crippen molar-refractivity contribution in [1.29, 1.82) is 0 Å². The quantitative estimate of drug-likeness (QED) is 0.244. The average Bonchev–Trinajstić information content (AvgIpc) is 3.75. The molecule has 4 aromatic rings. The van der Waals surface area contributed by atoms with Crippen molar-refractivity contribution in [3.63, 3.8) is 0 Å². The fraction of sp³-hybridized carbons (Fsp3) is 0.303. The van der Waals surface area contributed by atoms with Gasteiger partial charge < -0.3 is 19.7 Å². The Bertz CT molecular complexity index is 1610. The number of ketones is 1. The van der Waals surface area contributed by atoms with Crippen LogP contribution in [0.3, 0.4) is 0 Å². The van der Waals surface area contributed by atoms with Crippen molar-refractivity contribution in [2.75, 3.05) is 46.9 Å². The monoisotopic (exact) mass is 550 g/mol. The van der Waals surface area contributed by atoms with Gasteiger partial charge in [0.1, 0.15) is 0 Å². The van der Waals surface area contributed by atoms with Crippen LogP contribution >= 0.6 is 0 Å². The number of nitrogens with zero attached hydrogens (tertiary/aromatic N) is 3. The number of carbonyl (C=O) groups excluding carboxylic acids is 2. The molecule has 1 aliphatic carbocycles. The zero-order valence-electron chi connectivity index (χ0n) is 23.4. The summed E-state index contributed by atoms with van der Waals surface area (Å²) in [6, 6.07) is 22.8. The Balaban J connectivity index is 1.32. The maximum atomic E-state index is 13.4. The van der Waals surface area contributed by atoms with Gasteiger partial charge >= 0.3 is 5.97 Å². The minimum Gasteiger partial charge on any atom is -0.494 e. The average molecular weight is 551 g/mol. The molecule has 0 radical (unpaired) electrons. The van der Waals surface area contributed by atoms with Crippen LogP contribution in [0.15, 0.2) is 77.8 Å². The molecule has 0 amide bonds. The van der Waals surface area contributed by atoms with Crippen molar-refractivity contribution in [3.05, 3.63) is 95.1 Å². The molecule has 210 valence electrons. The molecule has 2 heterocycles. The number of piperazine rings is 1. The summed E-state index contributed by atoms with van der Waals surface area (Å²) in [7, 11) is 3.46. The van der Waals surface area contributed by atoms with Crippen molar-refractivity contribution in [1.82, 2.24) is 14.8 Å². The molecule has 41 heavy (non-hydrogen) atoms. The van der Waals surface area contributed by atoms with E-state index in [1.54, 1.807) is 18.2 Å². The van der Waals surface area contributed by atoms with Crippen LogP contribution in [-0.4, -0.2) is 84.2 Å². The predicted molar refractivity (Wildman–Crippen MR) is 159 cm³/mol. The van der Waals surface area contributed by atoms with Crippen molar-refractivity contribution >= 4 is 34.1 Å². The second kappa shape index (κ2) is 11.0. The van der Waals surface area contributed by atoms with E-state index in [2.05, 4.69) is 21.8 Å². The molecule has 0 unspecified atom stereocenters. The Morgan fingerprint density at radius 2 is 1.66 bits per heavy atom. The second-order valence-corrected chi connectivity index (χ2v) is 11.1. The van der Waals surface area contributed by atoms with Crippen LogP contribution < -0.4 is 0 Å². The molecule has 1 saturated carbocycles. The van der Waals surface area contributed by atoms with Gasteiger partial charge in [0.15, 0.2) is 11.7 Å². The Hall–Kier alpha value is -4.27. The van der Waals surface area contributed by atoms with Crippen molar-refractivity contribution < 1.29 is 19.4 Å². The first-order valence-corrected chi connectivity index (χ1v) is 14.0. The number of esters is 1. The number of rotatable bonds is 8. The van der Waals surface area contributed by atoms with E-state index in [9.17, 15) is 14.7 Å². The first-order valence-electron chi connectivity index (χ1n) is 14.0. The smallest absolute Gasteiger partial charge is 0.337 e. The topological polar surface area (TPSA) is 98.2 Å². The van der Waals surface area contributed by atoms with Crippen LogP contribution in [-0.2, 0) is 14.9 Å². The number of hydrogen-bond donors (Lipinski definition) is 2. The Kier molecular flexibility index (Phi) is 7.19. The standard InChI is InChI=1S/C33H34N4O4/c1-36-16-18-37(19-17-36)21-28(38)33(14-15-33)24-9-11-25(12-10-24)34-30(22-6-4-3-5-7-22)29-26-13-8-23(32(40)41-2)20-27(26)35-31(29)39/h3-13,20,35,39H,14-19,21H2,1-2H3. The molecule has 1 aliphatic heterocycles. The van der Waals surface area contributed by atoms with E-state index < -0.39 is 5.97 Å². The summed E-state index contributed by atoms with van der Waals surface area (Å²) in [6.07, 6.45) is 1.77. The highest BCUT2D eigenvalue weighted by atomic mass is 16.5. The number of aromatic hydroxyl groups is 1. The molecule has 2 fully saturated rings. The van der Waals surface area contributed by atoms with Crippen molar-refractivity contribution in [3.8, 4) is 5.88 Å². The Labute approximate surface area is 239 Å². The molecule has 8 nitrogen and oxygen atoms in total. The highest BCUT2D eigenvalue weighted by Crippen LogP contribution is 2.49. The normalized spacial score (nSPS) is 17.5. The number of fused-ring (bicyclic) bond motifs is 1. The van der Waals surface area contributed by atoms with Gasteiger partial charge in [-0.2, -0.15) is 0 Å². The number of benzene rings is 3. The molecular formula is C33H34N4O4. The second-order valence-electron chi connectivity index (χ2n) is 11.1. The molecule has 2 aliphatic rings. The lowest BCUT2D eigenvalue weighted by Crippen LogP contribution is -2.47. The van der Waals surface area contributed by atoms with E-state index in [1.165, 1.54) is 7.11 Å². The van der Waals surface area contributed by atoms with Crippen LogP contribution in [0.25, 0.3) is 10.9 Å². The minimum atomic E-state index is -0.449. The summed E-state index contributed by atoms with van der Waals surface area (Å²) < 4.78 is 4.85. The fourth-order valence-corrected chi connectivity index (χ4v) is 5.73. The molecule has 6 rings (SSSR count). The number of hydrogen-bond acceptors (Lipinski definition) is 7.